The molecular weight excluding hydrogens is 356 g/mol. The highest BCUT2D eigenvalue weighted by Gasteiger charge is 2.28. The average Bonchev–Trinajstić information content (AvgIpc) is 3.26. The molecule has 0 spiro atoms. The van der Waals surface area contributed by atoms with Crippen LogP contribution in [-0.2, 0) is 6.54 Å². The molecule has 3 heterocycles. The van der Waals surface area contributed by atoms with Gasteiger partial charge < -0.3 is 19.2 Å². The Kier molecular flexibility index (Phi) is 5.69. The molecule has 8 heteroatoms. The van der Waals surface area contributed by atoms with Crippen LogP contribution in [-0.4, -0.2) is 71.1 Å². The van der Waals surface area contributed by atoms with Crippen molar-refractivity contribution in [2.24, 2.45) is 0 Å². The summed E-state index contributed by atoms with van der Waals surface area (Å²) in [6.45, 7) is 9.95. The molecule has 2 aromatic rings. The van der Waals surface area contributed by atoms with Crippen LogP contribution in [0.4, 0.5) is 5.82 Å². The van der Waals surface area contributed by atoms with Crippen LogP contribution in [0.1, 0.15) is 45.3 Å². The van der Waals surface area contributed by atoms with Crippen molar-refractivity contribution < 1.29 is 9.32 Å². The van der Waals surface area contributed by atoms with Gasteiger partial charge in [-0.15, -0.1) is 0 Å². The van der Waals surface area contributed by atoms with E-state index in [1.807, 2.05) is 27.7 Å². The SMILES string of the molecule is Cc1nc(C(=O)N(C)Cc2c(C)noc2C)nc(N2CC[C@@H](N(C)C)C2)c1C. The van der Waals surface area contributed by atoms with Gasteiger partial charge in [0.1, 0.15) is 11.6 Å². The first-order valence-corrected chi connectivity index (χ1v) is 9.62. The van der Waals surface area contributed by atoms with Crippen LogP contribution in [0.2, 0.25) is 0 Å². The van der Waals surface area contributed by atoms with Crippen molar-refractivity contribution in [2.75, 3.05) is 39.1 Å². The number of nitrogens with zero attached hydrogens (tertiary/aromatic N) is 6. The summed E-state index contributed by atoms with van der Waals surface area (Å²) >= 11 is 0. The van der Waals surface area contributed by atoms with Crippen molar-refractivity contribution in [1.29, 1.82) is 0 Å². The largest absolute Gasteiger partial charge is 0.361 e. The Bertz CT molecular complexity index is 856. The van der Waals surface area contributed by atoms with Crippen LogP contribution in [0.3, 0.4) is 0 Å². The van der Waals surface area contributed by atoms with Gasteiger partial charge in [0.25, 0.3) is 5.91 Å². The second-order valence-corrected chi connectivity index (χ2v) is 7.90. The molecule has 2 aromatic heterocycles. The lowest BCUT2D eigenvalue weighted by Gasteiger charge is -2.24. The molecule has 1 fully saturated rings. The minimum atomic E-state index is -0.201. The maximum atomic E-state index is 13.0. The lowest BCUT2D eigenvalue weighted by molar-refractivity contribution is 0.0772. The van der Waals surface area contributed by atoms with E-state index in [2.05, 4.69) is 39.0 Å². The lowest BCUT2D eigenvalue weighted by atomic mass is 10.2. The fraction of sp³-hybridized carbons (Fsp3) is 0.600. The number of aromatic nitrogens is 3. The quantitative estimate of drug-likeness (QED) is 0.779. The monoisotopic (exact) mass is 386 g/mol. The van der Waals surface area contributed by atoms with Crippen LogP contribution in [0.5, 0.6) is 0 Å². The van der Waals surface area contributed by atoms with Gasteiger partial charge in [0.15, 0.2) is 0 Å². The van der Waals surface area contributed by atoms with Gasteiger partial charge in [-0.05, 0) is 48.2 Å². The zero-order chi connectivity index (χ0) is 20.6. The Balaban J connectivity index is 1.84. The van der Waals surface area contributed by atoms with Crippen molar-refractivity contribution in [3.8, 4) is 0 Å². The molecule has 1 amide bonds. The maximum absolute atomic E-state index is 13.0. The number of amides is 1. The molecular formula is C20H30N6O2. The van der Waals surface area contributed by atoms with Crippen LogP contribution in [0, 0.1) is 27.7 Å². The first kappa shape index (κ1) is 20.3. The third kappa shape index (κ3) is 3.87. The summed E-state index contributed by atoms with van der Waals surface area (Å²) < 4.78 is 5.20. The highest BCUT2D eigenvalue weighted by atomic mass is 16.5. The molecule has 3 rings (SSSR count). The standard InChI is InChI=1S/C20H30N6O2/c1-12-13(2)21-18(22-19(12)26-9-8-16(10-26)24(5)6)20(27)25(7)11-17-14(3)23-28-15(17)4/h16H,8-11H2,1-7H3/t16-/m1/s1. The highest BCUT2D eigenvalue weighted by molar-refractivity contribution is 5.90. The topological polar surface area (TPSA) is 78.6 Å². The Morgan fingerprint density at radius 1 is 1.14 bits per heavy atom. The van der Waals surface area contributed by atoms with E-state index in [1.165, 1.54) is 0 Å². The van der Waals surface area contributed by atoms with Crippen molar-refractivity contribution in [2.45, 2.75) is 46.7 Å². The third-order valence-corrected chi connectivity index (χ3v) is 5.67. The molecule has 0 unspecified atom stereocenters. The van der Waals surface area contributed by atoms with Gasteiger partial charge in [-0.3, -0.25) is 4.79 Å². The number of hydrogen-bond donors (Lipinski definition) is 0. The predicted octanol–water partition coefficient (Wildman–Crippen LogP) is 2.11. The van der Waals surface area contributed by atoms with Gasteiger partial charge in [-0.25, -0.2) is 9.97 Å². The summed E-state index contributed by atoms with van der Waals surface area (Å²) in [6.07, 6.45) is 1.09. The molecule has 8 nitrogen and oxygen atoms in total. The summed E-state index contributed by atoms with van der Waals surface area (Å²) in [4.78, 5) is 28.3. The second kappa shape index (κ2) is 7.87. The first-order chi connectivity index (χ1) is 13.2. The molecule has 0 aliphatic carbocycles. The molecule has 0 aromatic carbocycles. The summed E-state index contributed by atoms with van der Waals surface area (Å²) in [5, 5.41) is 3.96. The Labute approximate surface area is 166 Å². The van der Waals surface area contributed by atoms with Crippen LogP contribution in [0.25, 0.3) is 0 Å². The number of carbonyl (C=O) groups excluding carboxylic acids is 1. The predicted molar refractivity (Wildman–Crippen MR) is 108 cm³/mol. The van der Waals surface area contributed by atoms with Gasteiger partial charge in [-0.1, -0.05) is 5.16 Å². The van der Waals surface area contributed by atoms with Gasteiger partial charge in [0.05, 0.1) is 12.2 Å². The molecule has 0 N–H and O–H groups in total. The number of aryl methyl sites for hydroxylation is 3. The third-order valence-electron chi connectivity index (χ3n) is 5.67. The van der Waals surface area contributed by atoms with Gasteiger partial charge in [-0.2, -0.15) is 0 Å². The van der Waals surface area contributed by atoms with E-state index in [0.29, 0.717) is 12.6 Å². The molecule has 0 radical (unpaired) electrons. The minimum absolute atomic E-state index is 0.201. The van der Waals surface area contributed by atoms with Crippen LogP contribution >= 0.6 is 0 Å². The van der Waals surface area contributed by atoms with E-state index in [4.69, 9.17) is 4.52 Å². The van der Waals surface area contributed by atoms with Crippen molar-refractivity contribution >= 4 is 11.7 Å². The van der Waals surface area contributed by atoms with E-state index in [-0.39, 0.29) is 11.7 Å². The van der Waals surface area contributed by atoms with Crippen LogP contribution < -0.4 is 4.90 Å². The summed E-state index contributed by atoms with van der Waals surface area (Å²) in [5.41, 5.74) is 3.59. The molecule has 28 heavy (non-hydrogen) atoms. The highest BCUT2D eigenvalue weighted by Crippen LogP contribution is 2.25. The summed E-state index contributed by atoms with van der Waals surface area (Å²) in [5.74, 6) is 1.63. The molecule has 1 aliphatic rings. The van der Waals surface area contributed by atoms with Crippen molar-refractivity contribution in [3.05, 3.63) is 34.1 Å². The molecule has 0 bridgehead atoms. The fourth-order valence-electron chi connectivity index (χ4n) is 3.58. The average molecular weight is 387 g/mol. The Morgan fingerprint density at radius 2 is 1.86 bits per heavy atom. The number of carbonyl (C=O) groups is 1. The number of rotatable bonds is 5. The number of hydrogen-bond acceptors (Lipinski definition) is 7. The zero-order valence-corrected chi connectivity index (χ0v) is 17.9. The first-order valence-electron chi connectivity index (χ1n) is 9.62. The zero-order valence-electron chi connectivity index (χ0n) is 17.9. The molecule has 1 atom stereocenters. The second-order valence-electron chi connectivity index (χ2n) is 7.90. The molecule has 152 valence electrons. The van der Waals surface area contributed by atoms with E-state index in [0.717, 1.165) is 53.6 Å². The summed E-state index contributed by atoms with van der Waals surface area (Å²) in [7, 11) is 5.96. The van der Waals surface area contributed by atoms with E-state index >= 15 is 0 Å². The van der Waals surface area contributed by atoms with Gasteiger partial charge in [0, 0.05) is 43.0 Å². The maximum Gasteiger partial charge on any atom is 0.291 e. The van der Waals surface area contributed by atoms with Gasteiger partial charge >= 0.3 is 0 Å². The van der Waals surface area contributed by atoms with E-state index in [1.54, 1.807) is 11.9 Å². The van der Waals surface area contributed by atoms with E-state index < -0.39 is 0 Å². The lowest BCUT2D eigenvalue weighted by Crippen LogP contribution is -2.33. The summed E-state index contributed by atoms with van der Waals surface area (Å²) in [6, 6.07) is 0.496. The Hall–Kier alpha value is -2.48. The minimum Gasteiger partial charge on any atom is -0.361 e. The van der Waals surface area contributed by atoms with Gasteiger partial charge in [0.2, 0.25) is 5.82 Å². The van der Waals surface area contributed by atoms with Crippen molar-refractivity contribution in [3.63, 3.8) is 0 Å². The molecule has 1 aliphatic heterocycles. The van der Waals surface area contributed by atoms with E-state index in [9.17, 15) is 4.79 Å². The number of anilines is 1. The molecule has 1 saturated heterocycles. The molecule has 0 saturated carbocycles. The smallest absolute Gasteiger partial charge is 0.291 e. The normalized spacial score (nSPS) is 16.9. The number of likely N-dealkylation sites (N-methyl/N-ethyl adjacent to an activating group) is 1. The van der Waals surface area contributed by atoms with Crippen molar-refractivity contribution in [1.82, 2.24) is 24.9 Å². The van der Waals surface area contributed by atoms with Crippen LogP contribution in [0.15, 0.2) is 4.52 Å². The Morgan fingerprint density at radius 3 is 2.43 bits per heavy atom. The fourth-order valence-corrected chi connectivity index (χ4v) is 3.58.